The van der Waals surface area contributed by atoms with Crippen LogP contribution in [0, 0.1) is 6.92 Å². The number of benzene rings is 1. The molecule has 0 unspecified atom stereocenters. The summed E-state index contributed by atoms with van der Waals surface area (Å²) < 4.78 is 16.4. The average molecular weight is 499 g/mol. The minimum absolute atomic E-state index is 0.0171. The smallest absolute Gasteiger partial charge is 0.247 e. The molecule has 3 amide bonds. The highest BCUT2D eigenvalue weighted by Gasteiger charge is 2.34. The molecule has 36 heavy (non-hydrogen) atoms. The molecule has 2 aliphatic heterocycles. The van der Waals surface area contributed by atoms with Gasteiger partial charge in [-0.1, -0.05) is 35.5 Å². The first-order valence-electron chi connectivity index (χ1n) is 12.6. The van der Waals surface area contributed by atoms with E-state index in [-0.39, 0.29) is 49.3 Å². The molecule has 2 aromatic rings. The molecule has 3 atom stereocenters. The SMILES string of the molecule is Cc1cc(NC(=O)CCC(=O)N(C[C@@H]2CCCO2)[C@H](C(=O)NC[C@H]2CCCO2)c2ccccc2)no1. The van der Waals surface area contributed by atoms with Gasteiger partial charge in [-0.15, -0.1) is 0 Å². The first-order chi connectivity index (χ1) is 17.5. The second-order valence-corrected chi connectivity index (χ2v) is 9.25. The zero-order chi connectivity index (χ0) is 25.3. The fraction of sp³-hybridized carbons (Fsp3) is 0.538. The normalized spacial score (nSPS) is 20.1. The number of rotatable bonds is 11. The predicted molar refractivity (Wildman–Crippen MR) is 131 cm³/mol. The third kappa shape index (κ3) is 7.14. The molecule has 10 nitrogen and oxygen atoms in total. The summed E-state index contributed by atoms with van der Waals surface area (Å²) in [6.45, 7) is 3.72. The average Bonchev–Trinajstić information content (AvgIpc) is 3.66. The van der Waals surface area contributed by atoms with Gasteiger partial charge in [-0.25, -0.2) is 0 Å². The summed E-state index contributed by atoms with van der Waals surface area (Å²) in [5.41, 5.74) is 0.705. The quantitative estimate of drug-likeness (QED) is 0.488. The highest BCUT2D eigenvalue weighted by Crippen LogP contribution is 2.26. The number of aromatic nitrogens is 1. The summed E-state index contributed by atoms with van der Waals surface area (Å²) in [5.74, 6) is -0.0443. The molecule has 1 aromatic heterocycles. The minimum Gasteiger partial charge on any atom is -0.376 e. The van der Waals surface area contributed by atoms with Crippen LogP contribution in [0.3, 0.4) is 0 Å². The Bertz CT molecular complexity index is 1010. The van der Waals surface area contributed by atoms with Crippen molar-refractivity contribution in [2.45, 2.75) is 63.7 Å². The van der Waals surface area contributed by atoms with Crippen LogP contribution in [0.15, 0.2) is 40.9 Å². The molecule has 1 aromatic carbocycles. The molecule has 3 heterocycles. The number of nitrogens with one attached hydrogen (secondary N) is 2. The molecule has 2 aliphatic rings. The molecule has 4 rings (SSSR count). The van der Waals surface area contributed by atoms with Gasteiger partial charge in [0.1, 0.15) is 11.8 Å². The minimum atomic E-state index is -0.842. The lowest BCUT2D eigenvalue weighted by Crippen LogP contribution is -2.47. The van der Waals surface area contributed by atoms with E-state index in [4.69, 9.17) is 14.0 Å². The van der Waals surface area contributed by atoms with E-state index in [1.165, 1.54) is 0 Å². The fourth-order valence-corrected chi connectivity index (χ4v) is 4.58. The Morgan fingerprint density at radius 1 is 1.06 bits per heavy atom. The molecule has 194 valence electrons. The van der Waals surface area contributed by atoms with Gasteiger partial charge < -0.3 is 29.5 Å². The Morgan fingerprint density at radius 2 is 1.78 bits per heavy atom. The molecule has 2 N–H and O–H groups in total. The molecule has 2 saturated heterocycles. The van der Waals surface area contributed by atoms with Crippen LogP contribution in [-0.2, 0) is 23.9 Å². The van der Waals surface area contributed by atoms with E-state index >= 15 is 0 Å². The van der Waals surface area contributed by atoms with Crippen LogP contribution in [-0.4, -0.2) is 66.3 Å². The van der Waals surface area contributed by atoms with Crippen molar-refractivity contribution in [1.82, 2.24) is 15.4 Å². The zero-order valence-electron chi connectivity index (χ0n) is 20.6. The second-order valence-electron chi connectivity index (χ2n) is 9.25. The van der Waals surface area contributed by atoms with Crippen molar-refractivity contribution >= 4 is 23.5 Å². The van der Waals surface area contributed by atoms with Gasteiger partial charge in [-0.3, -0.25) is 14.4 Å². The molecule has 10 heteroatoms. The summed E-state index contributed by atoms with van der Waals surface area (Å²) in [6, 6.07) is 10.00. The number of aryl methyl sites for hydroxylation is 1. The third-order valence-electron chi connectivity index (χ3n) is 6.41. The van der Waals surface area contributed by atoms with E-state index in [1.807, 2.05) is 30.3 Å². The number of carbonyl (C=O) groups excluding carboxylic acids is 3. The molecule has 0 saturated carbocycles. The van der Waals surface area contributed by atoms with Crippen molar-refractivity contribution in [2.24, 2.45) is 0 Å². The van der Waals surface area contributed by atoms with Crippen molar-refractivity contribution in [2.75, 3.05) is 31.6 Å². The maximum Gasteiger partial charge on any atom is 0.247 e. The third-order valence-corrected chi connectivity index (χ3v) is 6.41. The molecule has 0 bridgehead atoms. The number of carbonyl (C=O) groups is 3. The standard InChI is InChI=1S/C26H34N4O6/c1-18-15-22(29-36-18)28-23(31)11-12-24(32)30(17-21-10-6-14-35-21)25(19-7-3-2-4-8-19)26(33)27-16-20-9-5-13-34-20/h2-4,7-8,15,20-21,25H,5-6,9-14,16-17H2,1H3,(H,27,33)(H,28,29,31)/t20-,21+,25+/m1/s1. The van der Waals surface area contributed by atoms with Gasteiger partial charge in [-0.05, 0) is 38.2 Å². The van der Waals surface area contributed by atoms with Gasteiger partial charge >= 0.3 is 0 Å². The van der Waals surface area contributed by atoms with Crippen LogP contribution < -0.4 is 10.6 Å². The van der Waals surface area contributed by atoms with Crippen LogP contribution in [0.25, 0.3) is 0 Å². The summed E-state index contributed by atoms with van der Waals surface area (Å²) >= 11 is 0. The van der Waals surface area contributed by atoms with Crippen LogP contribution in [0.4, 0.5) is 5.82 Å². The zero-order valence-corrected chi connectivity index (χ0v) is 20.6. The Labute approximate surface area is 210 Å². The summed E-state index contributed by atoms with van der Waals surface area (Å²) in [4.78, 5) is 41.0. The summed E-state index contributed by atoms with van der Waals surface area (Å²) in [5, 5.41) is 9.37. The van der Waals surface area contributed by atoms with Crippen molar-refractivity contribution in [3.8, 4) is 0 Å². The van der Waals surface area contributed by atoms with Crippen LogP contribution >= 0.6 is 0 Å². The van der Waals surface area contributed by atoms with Crippen LogP contribution in [0.1, 0.15) is 55.9 Å². The van der Waals surface area contributed by atoms with Gasteiger partial charge in [0, 0.05) is 45.2 Å². The highest BCUT2D eigenvalue weighted by molar-refractivity contribution is 5.94. The first-order valence-corrected chi connectivity index (χ1v) is 12.6. The molecule has 0 spiro atoms. The number of nitrogens with zero attached hydrogens (tertiary/aromatic N) is 2. The molecule has 0 aliphatic carbocycles. The van der Waals surface area contributed by atoms with Gasteiger partial charge in [0.15, 0.2) is 5.82 Å². The van der Waals surface area contributed by atoms with E-state index in [9.17, 15) is 14.4 Å². The monoisotopic (exact) mass is 498 g/mol. The van der Waals surface area contributed by atoms with E-state index in [2.05, 4.69) is 15.8 Å². The maximum atomic E-state index is 13.5. The lowest BCUT2D eigenvalue weighted by molar-refractivity contribution is -0.143. The number of ether oxygens (including phenoxy) is 2. The van der Waals surface area contributed by atoms with Crippen molar-refractivity contribution < 1.29 is 28.4 Å². The second kappa shape index (κ2) is 12.6. The highest BCUT2D eigenvalue weighted by atomic mass is 16.5. The topological polar surface area (TPSA) is 123 Å². The molecular formula is C26H34N4O6. The predicted octanol–water partition coefficient (Wildman–Crippen LogP) is 2.75. The first kappa shape index (κ1) is 25.8. The van der Waals surface area contributed by atoms with Crippen LogP contribution in [0.2, 0.25) is 0 Å². The molecule has 2 fully saturated rings. The molecular weight excluding hydrogens is 464 g/mol. The Balaban J connectivity index is 1.48. The lowest BCUT2D eigenvalue weighted by Gasteiger charge is -2.33. The Hall–Kier alpha value is -3.24. The van der Waals surface area contributed by atoms with E-state index in [0.29, 0.717) is 36.9 Å². The fourth-order valence-electron chi connectivity index (χ4n) is 4.58. The number of hydrogen-bond acceptors (Lipinski definition) is 7. The summed E-state index contributed by atoms with van der Waals surface area (Å²) in [7, 11) is 0. The van der Waals surface area contributed by atoms with Gasteiger partial charge in [-0.2, -0.15) is 0 Å². The number of amides is 3. The van der Waals surface area contributed by atoms with Crippen molar-refractivity contribution in [1.29, 1.82) is 0 Å². The van der Waals surface area contributed by atoms with Crippen LogP contribution in [0.5, 0.6) is 0 Å². The van der Waals surface area contributed by atoms with Gasteiger partial charge in [0.25, 0.3) is 0 Å². The van der Waals surface area contributed by atoms with Crippen molar-refractivity contribution in [3.05, 3.63) is 47.7 Å². The Kier molecular flexibility index (Phi) is 9.07. The lowest BCUT2D eigenvalue weighted by atomic mass is 10.0. The largest absolute Gasteiger partial charge is 0.376 e. The summed E-state index contributed by atoms with van der Waals surface area (Å²) in [6.07, 6.45) is 3.32. The van der Waals surface area contributed by atoms with Gasteiger partial charge in [0.2, 0.25) is 17.7 Å². The maximum absolute atomic E-state index is 13.5. The Morgan fingerprint density at radius 3 is 2.42 bits per heavy atom. The number of anilines is 1. The van der Waals surface area contributed by atoms with Gasteiger partial charge in [0.05, 0.1) is 12.2 Å². The van der Waals surface area contributed by atoms with Crippen molar-refractivity contribution in [3.63, 3.8) is 0 Å². The van der Waals surface area contributed by atoms with E-state index in [0.717, 1.165) is 25.7 Å². The number of hydrogen-bond donors (Lipinski definition) is 2. The van der Waals surface area contributed by atoms with E-state index < -0.39 is 6.04 Å². The molecule has 0 radical (unpaired) electrons. The van der Waals surface area contributed by atoms with E-state index in [1.54, 1.807) is 17.9 Å².